The van der Waals surface area contributed by atoms with Crippen LogP contribution >= 0.6 is 0 Å². The van der Waals surface area contributed by atoms with E-state index in [1.165, 1.54) is 4.90 Å². The Bertz CT molecular complexity index is 1400. The van der Waals surface area contributed by atoms with Crippen LogP contribution in [-0.4, -0.2) is 70.9 Å². The Morgan fingerprint density at radius 2 is 1.53 bits per heavy atom. The highest BCUT2D eigenvalue weighted by atomic mass is 16.7. The van der Waals surface area contributed by atoms with Crippen molar-refractivity contribution in [3.63, 3.8) is 0 Å². The van der Waals surface area contributed by atoms with Crippen LogP contribution in [0.25, 0.3) is 0 Å². The zero-order valence-electron chi connectivity index (χ0n) is 28.3. The van der Waals surface area contributed by atoms with E-state index in [2.05, 4.69) is 10.8 Å². The standard InChI is InChI=1S/C35H48N4O8/c1-33(2,3)46-30(41)37-45-24-26-15-12-16-27(21-26)35(18-10-11-19-39(35)32(43)47-34(4,5)6)29(40)36-28-17-20-38(22-28)31(42)44-23-25-13-8-7-9-14-25/h7-9,12-16,21,28H,10-11,17-20,22-24H2,1-6H3,(H,36,40)(H,37,41)/t28-,35-/m0/s1. The van der Waals surface area contributed by atoms with Gasteiger partial charge in [0.25, 0.3) is 5.91 Å². The van der Waals surface area contributed by atoms with Gasteiger partial charge in [0.2, 0.25) is 0 Å². The van der Waals surface area contributed by atoms with E-state index in [1.54, 1.807) is 58.6 Å². The fourth-order valence-electron chi connectivity index (χ4n) is 5.76. The molecular formula is C35H48N4O8. The maximum absolute atomic E-state index is 14.5. The predicted octanol–water partition coefficient (Wildman–Crippen LogP) is 5.79. The van der Waals surface area contributed by atoms with E-state index in [1.807, 2.05) is 42.5 Å². The van der Waals surface area contributed by atoms with Crippen LogP contribution in [0.2, 0.25) is 0 Å². The largest absolute Gasteiger partial charge is 0.445 e. The van der Waals surface area contributed by atoms with Crippen LogP contribution in [-0.2, 0) is 42.6 Å². The number of rotatable bonds is 8. The van der Waals surface area contributed by atoms with Gasteiger partial charge in [0.15, 0.2) is 0 Å². The first kappa shape index (κ1) is 35.5. The van der Waals surface area contributed by atoms with Gasteiger partial charge < -0.3 is 24.4 Å². The molecule has 2 saturated heterocycles. The molecule has 2 fully saturated rings. The minimum Gasteiger partial charge on any atom is -0.445 e. The van der Waals surface area contributed by atoms with Crippen molar-refractivity contribution in [2.45, 2.75) is 103 Å². The van der Waals surface area contributed by atoms with Crippen LogP contribution in [0.5, 0.6) is 0 Å². The van der Waals surface area contributed by atoms with Crippen LogP contribution in [0.1, 0.15) is 83.9 Å². The summed E-state index contributed by atoms with van der Waals surface area (Å²) < 4.78 is 16.5. The third kappa shape index (κ3) is 9.84. The van der Waals surface area contributed by atoms with Crippen LogP contribution in [0.3, 0.4) is 0 Å². The molecule has 12 nitrogen and oxygen atoms in total. The van der Waals surface area contributed by atoms with Gasteiger partial charge in [0.1, 0.15) is 23.3 Å². The number of likely N-dealkylation sites (tertiary alicyclic amines) is 2. The van der Waals surface area contributed by atoms with E-state index in [0.717, 1.165) is 5.56 Å². The minimum absolute atomic E-state index is 0.000102. The molecule has 256 valence electrons. The van der Waals surface area contributed by atoms with Crippen molar-refractivity contribution >= 4 is 24.2 Å². The number of nitrogens with one attached hydrogen (secondary N) is 2. The van der Waals surface area contributed by atoms with E-state index >= 15 is 0 Å². The van der Waals surface area contributed by atoms with E-state index in [4.69, 9.17) is 19.0 Å². The third-order valence-electron chi connectivity index (χ3n) is 7.81. The van der Waals surface area contributed by atoms with E-state index in [9.17, 15) is 19.2 Å². The molecule has 0 unspecified atom stereocenters. The molecule has 0 aliphatic carbocycles. The van der Waals surface area contributed by atoms with E-state index in [0.29, 0.717) is 49.9 Å². The zero-order chi connectivity index (χ0) is 34.2. The summed E-state index contributed by atoms with van der Waals surface area (Å²) in [5.41, 5.74) is 1.61. The number of carbonyl (C=O) groups excluding carboxylic acids is 4. The van der Waals surface area contributed by atoms with Gasteiger partial charge in [-0.3, -0.25) is 14.5 Å². The fourth-order valence-corrected chi connectivity index (χ4v) is 5.76. The lowest BCUT2D eigenvalue weighted by Gasteiger charge is -2.46. The Morgan fingerprint density at radius 1 is 0.830 bits per heavy atom. The van der Waals surface area contributed by atoms with Crippen molar-refractivity contribution in [1.82, 2.24) is 20.6 Å². The molecule has 2 aliphatic rings. The monoisotopic (exact) mass is 652 g/mol. The average Bonchev–Trinajstić information content (AvgIpc) is 3.47. The molecule has 12 heteroatoms. The summed E-state index contributed by atoms with van der Waals surface area (Å²) in [5, 5.41) is 3.15. The molecular weight excluding hydrogens is 604 g/mol. The Morgan fingerprint density at radius 3 is 2.23 bits per heavy atom. The number of nitrogens with zero attached hydrogens (tertiary/aromatic N) is 2. The Hall–Kier alpha value is -4.32. The maximum Gasteiger partial charge on any atom is 0.431 e. The number of ether oxygens (including phenoxy) is 3. The molecule has 0 saturated carbocycles. The van der Waals surface area contributed by atoms with Gasteiger partial charge in [-0.25, -0.2) is 14.4 Å². The molecule has 4 rings (SSSR count). The molecule has 2 aromatic carbocycles. The van der Waals surface area contributed by atoms with E-state index < -0.39 is 35.0 Å². The van der Waals surface area contributed by atoms with Crippen molar-refractivity contribution in [2.75, 3.05) is 19.6 Å². The third-order valence-corrected chi connectivity index (χ3v) is 7.81. The van der Waals surface area contributed by atoms with Gasteiger partial charge in [-0.05, 0) is 83.9 Å². The number of benzene rings is 2. The summed E-state index contributed by atoms with van der Waals surface area (Å²) in [6.07, 6.45) is 0.576. The number of carbonyl (C=O) groups is 4. The van der Waals surface area contributed by atoms with Gasteiger partial charge >= 0.3 is 18.3 Å². The summed E-state index contributed by atoms with van der Waals surface area (Å²) in [5.74, 6) is -0.350. The number of hydrogen-bond donors (Lipinski definition) is 2. The molecule has 0 aromatic heterocycles. The summed E-state index contributed by atoms with van der Waals surface area (Å²) in [6, 6.07) is 16.3. The molecule has 2 aliphatic heterocycles. The number of hydrogen-bond acceptors (Lipinski definition) is 8. The number of amides is 4. The quantitative estimate of drug-likeness (QED) is 0.270. The maximum atomic E-state index is 14.5. The van der Waals surface area contributed by atoms with Crippen molar-refractivity contribution in [2.24, 2.45) is 0 Å². The van der Waals surface area contributed by atoms with Crippen molar-refractivity contribution < 1.29 is 38.2 Å². The lowest BCUT2D eigenvalue weighted by molar-refractivity contribution is -0.137. The van der Waals surface area contributed by atoms with Gasteiger partial charge in [0, 0.05) is 25.7 Å². The minimum atomic E-state index is -1.38. The molecule has 2 heterocycles. The van der Waals surface area contributed by atoms with Gasteiger partial charge in [0.05, 0.1) is 6.61 Å². The van der Waals surface area contributed by atoms with Crippen molar-refractivity contribution in [3.05, 3.63) is 71.3 Å². The highest BCUT2D eigenvalue weighted by Crippen LogP contribution is 2.40. The molecule has 0 radical (unpaired) electrons. The highest BCUT2D eigenvalue weighted by molar-refractivity contribution is 5.92. The van der Waals surface area contributed by atoms with Crippen LogP contribution < -0.4 is 10.8 Å². The molecule has 2 aromatic rings. The number of piperidine rings is 1. The first-order valence-corrected chi connectivity index (χ1v) is 16.1. The smallest absolute Gasteiger partial charge is 0.431 e. The second kappa shape index (κ2) is 15.1. The SMILES string of the molecule is CC(C)(C)OC(=O)NOCc1cccc([C@]2(C(=O)N[C@H]3CCN(C(=O)OCc4ccccc4)C3)CCCCN2C(=O)OC(C)(C)C)c1. The summed E-state index contributed by atoms with van der Waals surface area (Å²) in [6.45, 7) is 11.8. The second-order valence-corrected chi connectivity index (χ2v) is 14.0. The molecule has 2 N–H and O–H groups in total. The van der Waals surface area contributed by atoms with Crippen LogP contribution in [0, 0.1) is 0 Å². The topological polar surface area (TPSA) is 136 Å². The average molecular weight is 653 g/mol. The van der Waals surface area contributed by atoms with Crippen LogP contribution in [0.4, 0.5) is 14.4 Å². The lowest BCUT2D eigenvalue weighted by atomic mass is 9.79. The normalized spacial score (nSPS) is 19.9. The molecule has 2 atom stereocenters. The molecule has 0 bridgehead atoms. The van der Waals surface area contributed by atoms with Crippen LogP contribution in [0.15, 0.2) is 54.6 Å². The van der Waals surface area contributed by atoms with Gasteiger partial charge in [-0.1, -0.05) is 54.6 Å². The predicted molar refractivity (Wildman–Crippen MR) is 174 cm³/mol. The highest BCUT2D eigenvalue weighted by Gasteiger charge is 2.51. The number of hydroxylamine groups is 1. The molecule has 47 heavy (non-hydrogen) atoms. The Kier molecular flexibility index (Phi) is 11.4. The van der Waals surface area contributed by atoms with Crippen molar-refractivity contribution in [3.8, 4) is 0 Å². The first-order chi connectivity index (χ1) is 22.2. The van der Waals surface area contributed by atoms with Crippen molar-refractivity contribution in [1.29, 1.82) is 0 Å². The van der Waals surface area contributed by atoms with Gasteiger partial charge in [-0.15, -0.1) is 0 Å². The molecule has 4 amide bonds. The summed E-state index contributed by atoms with van der Waals surface area (Å²) in [7, 11) is 0. The second-order valence-electron chi connectivity index (χ2n) is 14.0. The fraction of sp³-hybridized carbons (Fsp3) is 0.543. The summed E-state index contributed by atoms with van der Waals surface area (Å²) >= 11 is 0. The Balaban J connectivity index is 1.52. The Labute approximate surface area is 277 Å². The lowest BCUT2D eigenvalue weighted by Crippen LogP contribution is -2.62. The first-order valence-electron chi connectivity index (χ1n) is 16.1. The molecule has 0 spiro atoms. The van der Waals surface area contributed by atoms with E-state index in [-0.39, 0.29) is 31.7 Å². The summed E-state index contributed by atoms with van der Waals surface area (Å²) in [4.78, 5) is 61.6. The van der Waals surface area contributed by atoms with Gasteiger partial charge in [-0.2, -0.15) is 5.48 Å². The zero-order valence-corrected chi connectivity index (χ0v) is 28.3.